The molecule has 5 aromatic rings. The zero-order chi connectivity index (χ0) is 31.5. The summed E-state index contributed by atoms with van der Waals surface area (Å²) in [5.74, 6) is 1.33. The lowest BCUT2D eigenvalue weighted by Crippen LogP contribution is -2.20. The molecule has 9 nitrogen and oxygen atoms in total. The van der Waals surface area contributed by atoms with Gasteiger partial charge in [0.25, 0.3) is 5.56 Å². The molecule has 0 unspecified atom stereocenters. The van der Waals surface area contributed by atoms with E-state index in [0.717, 1.165) is 32.5 Å². The summed E-state index contributed by atoms with van der Waals surface area (Å²) in [5, 5.41) is 17.0. The van der Waals surface area contributed by atoms with Gasteiger partial charge in [-0.25, -0.2) is 4.98 Å². The first-order valence-electron chi connectivity index (χ1n) is 13.7. The molecule has 0 saturated carbocycles. The zero-order valence-electron chi connectivity index (χ0n) is 24.4. The van der Waals surface area contributed by atoms with Crippen LogP contribution in [0.5, 0.6) is 11.5 Å². The standard InChI is InChI=1S/C33H28Br2N4O5/c1-19(2)25-16-26(20(3)13-30(25)43-4)32-37-28-8-6-5-7-24(28)33(40)38(32)36-17-22-14-27(35)31(29(15-22)39(41)42)44-18-21-9-11-23(34)12-10-21/h5-17,19H,18H2,1-4H3. The second-order valence-electron chi connectivity index (χ2n) is 10.4. The number of hydrogen-bond donors (Lipinski definition) is 0. The third-order valence-electron chi connectivity index (χ3n) is 7.06. The highest BCUT2D eigenvalue weighted by molar-refractivity contribution is 9.10. The Bertz CT molecular complexity index is 1970. The smallest absolute Gasteiger partial charge is 0.312 e. The monoisotopic (exact) mass is 718 g/mol. The van der Waals surface area contributed by atoms with Gasteiger partial charge in [0.15, 0.2) is 5.82 Å². The maximum atomic E-state index is 13.8. The van der Waals surface area contributed by atoms with Crippen molar-refractivity contribution < 1.29 is 14.4 Å². The molecule has 224 valence electrons. The Balaban J connectivity index is 1.61. The van der Waals surface area contributed by atoms with Gasteiger partial charge in [-0.2, -0.15) is 9.78 Å². The number of benzene rings is 4. The van der Waals surface area contributed by atoms with Gasteiger partial charge in [-0.1, -0.05) is 54.0 Å². The van der Waals surface area contributed by atoms with E-state index in [2.05, 4.69) is 50.8 Å². The van der Waals surface area contributed by atoms with Crippen molar-refractivity contribution in [1.82, 2.24) is 9.66 Å². The molecule has 4 aromatic carbocycles. The first-order chi connectivity index (χ1) is 21.1. The second-order valence-corrected chi connectivity index (χ2v) is 12.2. The van der Waals surface area contributed by atoms with Crippen LogP contribution >= 0.6 is 31.9 Å². The Hall–Kier alpha value is -4.35. The van der Waals surface area contributed by atoms with Crippen LogP contribution in [0, 0.1) is 17.0 Å². The summed E-state index contributed by atoms with van der Waals surface area (Å²) < 4.78 is 14.0. The number of aryl methyl sites for hydroxylation is 1. The van der Waals surface area contributed by atoms with Gasteiger partial charge in [-0.05, 0) is 87.9 Å². The lowest BCUT2D eigenvalue weighted by atomic mass is 9.96. The Morgan fingerprint density at radius 2 is 1.80 bits per heavy atom. The Morgan fingerprint density at radius 3 is 2.48 bits per heavy atom. The van der Waals surface area contributed by atoms with Gasteiger partial charge < -0.3 is 9.47 Å². The molecular formula is C33H28Br2N4O5. The minimum atomic E-state index is -0.512. The maximum absolute atomic E-state index is 13.8. The number of halogens is 2. The fourth-order valence-electron chi connectivity index (χ4n) is 4.79. The molecule has 5 rings (SSSR count). The van der Waals surface area contributed by atoms with Crippen molar-refractivity contribution in [3.8, 4) is 22.9 Å². The highest BCUT2D eigenvalue weighted by Crippen LogP contribution is 2.37. The number of ether oxygens (including phenoxy) is 2. The summed E-state index contributed by atoms with van der Waals surface area (Å²) in [7, 11) is 1.63. The Labute approximate surface area is 270 Å². The van der Waals surface area contributed by atoms with E-state index in [1.165, 1.54) is 17.0 Å². The number of fused-ring (bicyclic) bond motifs is 1. The molecule has 0 atom stereocenters. The van der Waals surface area contributed by atoms with E-state index in [9.17, 15) is 14.9 Å². The maximum Gasteiger partial charge on any atom is 0.312 e. The van der Waals surface area contributed by atoms with E-state index in [0.29, 0.717) is 26.8 Å². The molecule has 0 bridgehead atoms. The van der Waals surface area contributed by atoms with E-state index in [4.69, 9.17) is 14.5 Å². The molecule has 0 aliphatic carbocycles. The van der Waals surface area contributed by atoms with E-state index >= 15 is 0 Å². The summed E-state index contributed by atoms with van der Waals surface area (Å²) in [5.41, 5.74) is 3.70. The summed E-state index contributed by atoms with van der Waals surface area (Å²) in [6.45, 7) is 6.19. The van der Waals surface area contributed by atoms with Crippen molar-refractivity contribution in [2.24, 2.45) is 5.10 Å². The highest BCUT2D eigenvalue weighted by Gasteiger charge is 2.21. The topological polar surface area (TPSA) is 109 Å². The minimum Gasteiger partial charge on any atom is -0.496 e. The first kappa shape index (κ1) is 31.1. The lowest BCUT2D eigenvalue weighted by molar-refractivity contribution is -0.386. The van der Waals surface area contributed by atoms with Crippen molar-refractivity contribution in [3.05, 3.63) is 124 Å². The van der Waals surface area contributed by atoms with Crippen molar-refractivity contribution in [2.75, 3.05) is 7.11 Å². The van der Waals surface area contributed by atoms with Gasteiger partial charge in [0.05, 0.1) is 33.6 Å². The molecular weight excluding hydrogens is 692 g/mol. The molecule has 0 aliphatic rings. The van der Waals surface area contributed by atoms with Crippen LogP contribution < -0.4 is 15.0 Å². The molecule has 0 radical (unpaired) electrons. The first-order valence-corrected chi connectivity index (χ1v) is 15.3. The second kappa shape index (κ2) is 13.1. The summed E-state index contributed by atoms with van der Waals surface area (Å²) in [6.07, 6.45) is 1.40. The molecule has 0 fully saturated rings. The summed E-state index contributed by atoms with van der Waals surface area (Å²) in [6, 6.07) is 21.5. The van der Waals surface area contributed by atoms with Crippen LogP contribution in [-0.2, 0) is 6.61 Å². The van der Waals surface area contributed by atoms with Crippen molar-refractivity contribution in [3.63, 3.8) is 0 Å². The number of nitro groups is 1. The fourth-order valence-corrected chi connectivity index (χ4v) is 5.63. The number of methoxy groups -OCH3 is 1. The molecule has 44 heavy (non-hydrogen) atoms. The van der Waals surface area contributed by atoms with Crippen LogP contribution in [0.15, 0.2) is 91.6 Å². The largest absolute Gasteiger partial charge is 0.496 e. The quantitative estimate of drug-likeness (QED) is 0.0860. The molecule has 0 N–H and O–H groups in total. The number of aromatic nitrogens is 2. The van der Waals surface area contributed by atoms with E-state index in [1.807, 2.05) is 49.4 Å². The van der Waals surface area contributed by atoms with Gasteiger partial charge in [0.1, 0.15) is 12.4 Å². The van der Waals surface area contributed by atoms with Crippen molar-refractivity contribution in [1.29, 1.82) is 0 Å². The van der Waals surface area contributed by atoms with Crippen LogP contribution in [0.1, 0.15) is 42.0 Å². The number of nitrogens with zero attached hydrogens (tertiary/aromatic N) is 4. The predicted molar refractivity (Wildman–Crippen MR) is 179 cm³/mol. The molecule has 1 heterocycles. The number of hydrogen-bond acceptors (Lipinski definition) is 7. The van der Waals surface area contributed by atoms with Gasteiger partial charge in [-0.15, -0.1) is 0 Å². The van der Waals surface area contributed by atoms with E-state index in [1.54, 1.807) is 31.4 Å². The normalized spacial score (nSPS) is 11.4. The van der Waals surface area contributed by atoms with Crippen molar-refractivity contribution >= 4 is 54.7 Å². The van der Waals surface area contributed by atoms with Crippen LogP contribution in [0.25, 0.3) is 22.3 Å². The zero-order valence-corrected chi connectivity index (χ0v) is 27.5. The highest BCUT2D eigenvalue weighted by atomic mass is 79.9. The molecule has 0 amide bonds. The SMILES string of the molecule is COc1cc(C)c(-c2nc3ccccc3c(=O)n2N=Cc2cc(Br)c(OCc3ccc(Br)cc3)c([N+](=O)[O-])c2)cc1C(C)C. The fraction of sp³-hybridized carbons (Fsp3) is 0.182. The molecule has 0 saturated heterocycles. The van der Waals surface area contributed by atoms with Gasteiger partial charge in [-0.3, -0.25) is 14.9 Å². The van der Waals surface area contributed by atoms with Gasteiger partial charge >= 0.3 is 5.69 Å². The minimum absolute atomic E-state index is 0.0929. The average molecular weight is 720 g/mol. The molecule has 11 heteroatoms. The van der Waals surface area contributed by atoms with E-state index < -0.39 is 4.92 Å². The molecule has 0 spiro atoms. The van der Waals surface area contributed by atoms with Crippen LogP contribution in [0.4, 0.5) is 5.69 Å². The number of rotatable bonds is 9. The summed E-state index contributed by atoms with van der Waals surface area (Å²) >= 11 is 6.82. The number of nitro benzene ring substituents is 1. The lowest BCUT2D eigenvalue weighted by Gasteiger charge is -2.17. The van der Waals surface area contributed by atoms with Gasteiger partial charge in [0.2, 0.25) is 5.75 Å². The molecule has 0 aliphatic heterocycles. The number of para-hydroxylation sites is 1. The van der Waals surface area contributed by atoms with Crippen LogP contribution in [0.3, 0.4) is 0 Å². The Morgan fingerprint density at radius 1 is 1.07 bits per heavy atom. The molecule has 1 aromatic heterocycles. The van der Waals surface area contributed by atoms with Crippen LogP contribution in [-0.4, -0.2) is 27.9 Å². The van der Waals surface area contributed by atoms with Crippen molar-refractivity contribution in [2.45, 2.75) is 33.3 Å². The summed E-state index contributed by atoms with van der Waals surface area (Å²) in [4.78, 5) is 30.2. The third kappa shape index (κ3) is 6.44. The average Bonchev–Trinajstić information content (AvgIpc) is 3.00. The Kier molecular flexibility index (Phi) is 9.26. The van der Waals surface area contributed by atoms with Crippen LogP contribution in [0.2, 0.25) is 0 Å². The predicted octanol–water partition coefficient (Wildman–Crippen LogP) is 8.40. The van der Waals surface area contributed by atoms with Gasteiger partial charge in [0, 0.05) is 21.7 Å². The van der Waals surface area contributed by atoms with E-state index in [-0.39, 0.29) is 29.5 Å². The third-order valence-corrected chi connectivity index (χ3v) is 8.17.